The summed E-state index contributed by atoms with van der Waals surface area (Å²) >= 11 is 6.66. The number of anilines is 1. The predicted octanol–water partition coefficient (Wildman–Crippen LogP) is 2.53. The summed E-state index contributed by atoms with van der Waals surface area (Å²) in [5.41, 5.74) is 0.773. The van der Waals surface area contributed by atoms with E-state index in [-0.39, 0.29) is 17.5 Å². The molecule has 29 heavy (non-hydrogen) atoms. The van der Waals surface area contributed by atoms with Crippen molar-refractivity contribution in [2.24, 2.45) is 0 Å². The molecule has 1 unspecified atom stereocenters. The third-order valence-electron chi connectivity index (χ3n) is 5.19. The van der Waals surface area contributed by atoms with Crippen LogP contribution in [0.4, 0.5) is 5.82 Å². The minimum atomic E-state index is -0.203. The molecule has 0 saturated carbocycles. The molecule has 7 nitrogen and oxygen atoms in total. The van der Waals surface area contributed by atoms with Crippen LogP contribution in [-0.2, 0) is 9.53 Å². The average molecular weight is 431 g/mol. The van der Waals surface area contributed by atoms with Crippen molar-refractivity contribution >= 4 is 51.7 Å². The molecule has 0 aliphatic carbocycles. The summed E-state index contributed by atoms with van der Waals surface area (Å²) in [6.07, 6.45) is 4.15. The maximum Gasteiger partial charge on any atom is 0.267 e. The number of carbonyl (C=O) groups excluding carboxylic acids is 1. The monoisotopic (exact) mass is 430 g/mol. The van der Waals surface area contributed by atoms with Gasteiger partial charge in [-0.2, -0.15) is 0 Å². The van der Waals surface area contributed by atoms with E-state index in [0.29, 0.717) is 52.6 Å². The van der Waals surface area contributed by atoms with Gasteiger partial charge in [-0.1, -0.05) is 37.0 Å². The first-order valence-corrected chi connectivity index (χ1v) is 10.8. The van der Waals surface area contributed by atoms with E-state index in [1.165, 1.54) is 16.2 Å². The zero-order valence-corrected chi connectivity index (χ0v) is 18.0. The summed E-state index contributed by atoms with van der Waals surface area (Å²) in [4.78, 5) is 35.1. The highest BCUT2D eigenvalue weighted by Crippen LogP contribution is 2.35. The lowest BCUT2D eigenvalue weighted by molar-refractivity contribution is -0.123. The summed E-state index contributed by atoms with van der Waals surface area (Å²) < 4.78 is 7.48. The number of nitrogens with zero attached hydrogens (tertiary/aromatic N) is 4. The van der Waals surface area contributed by atoms with Crippen molar-refractivity contribution in [2.75, 3.05) is 31.2 Å². The topological polar surface area (TPSA) is 67.2 Å². The van der Waals surface area contributed by atoms with Crippen LogP contribution >= 0.6 is 24.0 Å². The van der Waals surface area contributed by atoms with Crippen molar-refractivity contribution in [3.8, 4) is 0 Å². The molecule has 2 aromatic heterocycles. The number of amides is 1. The maximum atomic E-state index is 13.3. The number of carbonyl (C=O) groups is 1. The minimum Gasteiger partial charge on any atom is -0.378 e. The standard InChI is InChI=1S/C20H22N4O3S2/c1-3-13(2)24-19(26)15(29-20(24)28)12-14-17(22-8-10-27-11-9-22)21-16-6-4-5-7-23(16)18(14)25/h4-7,12-13H,3,8-11H2,1-2H3. The van der Waals surface area contributed by atoms with E-state index in [1.807, 2.05) is 24.8 Å². The number of hydrogen-bond acceptors (Lipinski definition) is 7. The van der Waals surface area contributed by atoms with Gasteiger partial charge in [0.15, 0.2) is 0 Å². The number of thiocarbonyl (C=S) groups is 1. The number of pyridine rings is 1. The molecule has 4 rings (SSSR count). The highest BCUT2D eigenvalue weighted by atomic mass is 32.2. The zero-order valence-electron chi connectivity index (χ0n) is 16.3. The quantitative estimate of drug-likeness (QED) is 0.545. The molecule has 1 amide bonds. The highest BCUT2D eigenvalue weighted by molar-refractivity contribution is 8.26. The summed E-state index contributed by atoms with van der Waals surface area (Å²) in [5, 5.41) is 0. The fourth-order valence-electron chi connectivity index (χ4n) is 3.41. The van der Waals surface area contributed by atoms with Crippen molar-refractivity contribution in [1.29, 1.82) is 0 Å². The third-order valence-corrected chi connectivity index (χ3v) is 6.52. The number of hydrogen-bond donors (Lipinski definition) is 0. The van der Waals surface area contributed by atoms with Crippen molar-refractivity contribution < 1.29 is 9.53 Å². The zero-order chi connectivity index (χ0) is 20.5. The van der Waals surface area contributed by atoms with Crippen molar-refractivity contribution in [2.45, 2.75) is 26.3 Å². The number of morpholine rings is 1. The molecule has 0 radical (unpaired) electrons. The molecule has 0 spiro atoms. The van der Waals surface area contributed by atoms with Crippen molar-refractivity contribution in [3.63, 3.8) is 0 Å². The fraction of sp³-hybridized carbons (Fsp3) is 0.400. The Morgan fingerprint density at radius 2 is 2.07 bits per heavy atom. The Bertz CT molecular complexity index is 1060. The van der Waals surface area contributed by atoms with E-state index in [0.717, 1.165) is 6.42 Å². The molecule has 4 heterocycles. The van der Waals surface area contributed by atoms with Crippen LogP contribution in [0, 0.1) is 0 Å². The first-order valence-electron chi connectivity index (χ1n) is 9.62. The SMILES string of the molecule is CCC(C)N1C(=O)C(=Cc2c(N3CCOCC3)nc3ccccn3c2=O)SC1=S. The predicted molar refractivity (Wildman–Crippen MR) is 119 cm³/mol. The smallest absolute Gasteiger partial charge is 0.267 e. The van der Waals surface area contributed by atoms with Crippen LogP contribution in [0.25, 0.3) is 11.7 Å². The molecule has 2 aliphatic rings. The molecular weight excluding hydrogens is 408 g/mol. The molecule has 0 bridgehead atoms. The van der Waals surface area contributed by atoms with Crippen molar-refractivity contribution in [1.82, 2.24) is 14.3 Å². The molecule has 2 aliphatic heterocycles. The van der Waals surface area contributed by atoms with Gasteiger partial charge in [0.05, 0.1) is 23.7 Å². The average Bonchev–Trinajstić information content (AvgIpc) is 3.03. The molecule has 9 heteroatoms. The maximum absolute atomic E-state index is 13.3. The van der Waals surface area contributed by atoms with Crippen LogP contribution in [0.15, 0.2) is 34.1 Å². The highest BCUT2D eigenvalue weighted by Gasteiger charge is 2.35. The van der Waals surface area contributed by atoms with E-state index >= 15 is 0 Å². The second-order valence-electron chi connectivity index (χ2n) is 6.99. The van der Waals surface area contributed by atoms with Gasteiger partial charge in [-0.3, -0.25) is 18.9 Å². The van der Waals surface area contributed by atoms with Crippen molar-refractivity contribution in [3.05, 3.63) is 45.2 Å². The summed E-state index contributed by atoms with van der Waals surface area (Å²) in [6.45, 7) is 6.42. The number of thioether (sulfide) groups is 1. The molecule has 2 aromatic rings. The van der Waals surface area contributed by atoms with Crippen LogP contribution in [-0.4, -0.2) is 56.9 Å². The van der Waals surface area contributed by atoms with E-state index in [2.05, 4.69) is 0 Å². The number of rotatable bonds is 4. The van der Waals surface area contributed by atoms with Gasteiger partial charge >= 0.3 is 0 Å². The number of fused-ring (bicyclic) bond motifs is 1. The fourth-order valence-corrected chi connectivity index (χ4v) is 4.85. The number of aromatic nitrogens is 2. The Kier molecular flexibility index (Phi) is 5.71. The van der Waals surface area contributed by atoms with Gasteiger partial charge in [0, 0.05) is 25.3 Å². The van der Waals surface area contributed by atoms with E-state index in [4.69, 9.17) is 21.9 Å². The van der Waals surface area contributed by atoms with Gasteiger partial charge in [0.1, 0.15) is 15.8 Å². The molecule has 2 saturated heterocycles. The van der Waals surface area contributed by atoms with Crippen LogP contribution in [0.5, 0.6) is 0 Å². The van der Waals surface area contributed by atoms with Crippen LogP contribution in [0.2, 0.25) is 0 Å². The lowest BCUT2D eigenvalue weighted by atomic mass is 10.2. The Labute approximate surface area is 178 Å². The minimum absolute atomic E-state index is 0.0166. The molecule has 0 aromatic carbocycles. The van der Waals surface area contributed by atoms with E-state index in [1.54, 1.807) is 29.3 Å². The Morgan fingerprint density at radius 3 is 2.79 bits per heavy atom. The van der Waals surface area contributed by atoms with Gasteiger partial charge in [-0.25, -0.2) is 4.98 Å². The first kappa shape index (κ1) is 20.1. The third kappa shape index (κ3) is 3.70. The van der Waals surface area contributed by atoms with Crippen LogP contribution in [0.1, 0.15) is 25.8 Å². The lowest BCUT2D eigenvalue weighted by Crippen LogP contribution is -2.38. The first-order chi connectivity index (χ1) is 14.0. The molecule has 152 valence electrons. The number of ether oxygens (including phenoxy) is 1. The summed E-state index contributed by atoms with van der Waals surface area (Å²) in [6, 6.07) is 5.46. The van der Waals surface area contributed by atoms with Gasteiger partial charge in [0.25, 0.3) is 11.5 Å². The molecule has 0 N–H and O–H groups in total. The lowest BCUT2D eigenvalue weighted by Gasteiger charge is -2.29. The van der Waals surface area contributed by atoms with Gasteiger partial charge < -0.3 is 9.64 Å². The Balaban J connectivity index is 1.85. The normalized spacial score (nSPS) is 20.1. The molecule has 1 atom stereocenters. The van der Waals surface area contributed by atoms with Crippen LogP contribution < -0.4 is 10.5 Å². The largest absolute Gasteiger partial charge is 0.378 e. The van der Waals surface area contributed by atoms with Gasteiger partial charge in [-0.15, -0.1) is 0 Å². The molecule has 2 fully saturated rings. The Morgan fingerprint density at radius 1 is 1.31 bits per heavy atom. The summed E-state index contributed by atoms with van der Waals surface area (Å²) in [5.74, 6) is 0.429. The second kappa shape index (κ2) is 8.25. The van der Waals surface area contributed by atoms with Gasteiger partial charge in [-0.05, 0) is 31.6 Å². The van der Waals surface area contributed by atoms with Gasteiger partial charge in [0.2, 0.25) is 0 Å². The second-order valence-corrected chi connectivity index (χ2v) is 8.67. The van der Waals surface area contributed by atoms with Crippen LogP contribution in [0.3, 0.4) is 0 Å². The van der Waals surface area contributed by atoms with E-state index < -0.39 is 0 Å². The van der Waals surface area contributed by atoms with E-state index in [9.17, 15) is 9.59 Å². The summed E-state index contributed by atoms with van der Waals surface area (Å²) in [7, 11) is 0. The Hall–Kier alpha value is -2.23. The molecular formula is C20H22N4O3S2.